The first-order chi connectivity index (χ1) is 8.13. The summed E-state index contributed by atoms with van der Waals surface area (Å²) >= 11 is 0. The third-order valence-electron chi connectivity index (χ3n) is 2.23. The van der Waals surface area contributed by atoms with Gasteiger partial charge in [-0.05, 0) is 24.3 Å². The topological polar surface area (TPSA) is 56.9 Å². The lowest BCUT2D eigenvalue weighted by atomic mass is 10.0. The van der Waals surface area contributed by atoms with Crippen molar-refractivity contribution in [1.82, 2.24) is 4.98 Å². The highest BCUT2D eigenvalue weighted by molar-refractivity contribution is 5.72. The summed E-state index contributed by atoms with van der Waals surface area (Å²) in [6.07, 6.45) is 1.16. The fourth-order valence-corrected chi connectivity index (χ4v) is 1.44. The van der Waals surface area contributed by atoms with Crippen LogP contribution < -0.4 is 0 Å². The van der Waals surface area contributed by atoms with Gasteiger partial charge < -0.3 is 5.11 Å². The minimum absolute atomic E-state index is 0.0154. The minimum Gasteiger partial charge on any atom is -0.503 e. The van der Waals surface area contributed by atoms with Crippen molar-refractivity contribution in [3.63, 3.8) is 0 Å². The van der Waals surface area contributed by atoms with E-state index in [1.54, 1.807) is 6.07 Å². The average molecular weight is 232 g/mol. The number of pyridine rings is 1. The molecule has 84 valence electrons. The van der Waals surface area contributed by atoms with E-state index in [1.165, 1.54) is 6.07 Å². The van der Waals surface area contributed by atoms with Gasteiger partial charge in [-0.2, -0.15) is 5.26 Å². The molecule has 1 N–H and O–H groups in total. The maximum atomic E-state index is 13.1. The molecule has 3 nitrogen and oxygen atoms in total. The van der Waals surface area contributed by atoms with Gasteiger partial charge in [0, 0.05) is 11.8 Å². The molecule has 0 fully saturated rings. The molecular formula is C12H6F2N2O. The lowest BCUT2D eigenvalue weighted by molar-refractivity contribution is 0.432. The van der Waals surface area contributed by atoms with Crippen LogP contribution in [0.3, 0.4) is 0 Å². The van der Waals surface area contributed by atoms with Crippen LogP contribution in [0.25, 0.3) is 11.3 Å². The first kappa shape index (κ1) is 11.0. The standard InChI is InChI=1S/C12H6F2N2O/c13-8-1-2-9(7(5-8)6-15)11-12(17)10(14)3-4-16-11/h1-5,17H. The molecule has 2 aromatic rings. The van der Waals surface area contributed by atoms with Gasteiger partial charge in [-0.3, -0.25) is 4.98 Å². The number of hydrogen-bond donors (Lipinski definition) is 1. The van der Waals surface area contributed by atoms with E-state index in [4.69, 9.17) is 5.26 Å². The molecule has 0 radical (unpaired) electrons. The Morgan fingerprint density at radius 3 is 2.71 bits per heavy atom. The third kappa shape index (κ3) is 1.93. The summed E-state index contributed by atoms with van der Waals surface area (Å²) in [6.45, 7) is 0. The minimum atomic E-state index is -0.844. The van der Waals surface area contributed by atoms with Crippen LogP contribution in [0.15, 0.2) is 30.5 Å². The molecule has 0 aliphatic carbocycles. The summed E-state index contributed by atoms with van der Waals surface area (Å²) < 4.78 is 26.1. The molecule has 0 saturated heterocycles. The van der Waals surface area contributed by atoms with Crippen LogP contribution >= 0.6 is 0 Å². The number of nitrogens with zero attached hydrogens (tertiary/aromatic N) is 2. The van der Waals surface area contributed by atoms with E-state index in [2.05, 4.69) is 4.98 Å². The zero-order valence-electron chi connectivity index (χ0n) is 8.48. The molecule has 0 aliphatic heterocycles. The number of aromatic nitrogens is 1. The van der Waals surface area contributed by atoms with Gasteiger partial charge in [0.2, 0.25) is 0 Å². The number of halogens is 2. The second kappa shape index (κ2) is 4.18. The van der Waals surface area contributed by atoms with Gasteiger partial charge in [0.15, 0.2) is 11.6 Å². The molecule has 0 amide bonds. The van der Waals surface area contributed by atoms with Crippen LogP contribution in [0.4, 0.5) is 8.78 Å². The molecule has 1 heterocycles. The number of nitriles is 1. The lowest BCUT2D eigenvalue weighted by Crippen LogP contribution is -1.91. The molecular weight excluding hydrogens is 226 g/mol. The summed E-state index contributed by atoms with van der Waals surface area (Å²) in [5, 5.41) is 18.3. The van der Waals surface area contributed by atoms with Crippen LogP contribution in [0, 0.1) is 23.0 Å². The van der Waals surface area contributed by atoms with Gasteiger partial charge in [-0.1, -0.05) is 0 Å². The molecule has 0 aliphatic rings. The predicted molar refractivity (Wildman–Crippen MR) is 56.0 cm³/mol. The van der Waals surface area contributed by atoms with Crippen molar-refractivity contribution < 1.29 is 13.9 Å². The molecule has 2 rings (SSSR count). The maximum absolute atomic E-state index is 13.1. The molecule has 17 heavy (non-hydrogen) atoms. The van der Waals surface area contributed by atoms with Gasteiger partial charge >= 0.3 is 0 Å². The Morgan fingerprint density at radius 2 is 2.00 bits per heavy atom. The van der Waals surface area contributed by atoms with E-state index in [0.29, 0.717) is 0 Å². The van der Waals surface area contributed by atoms with E-state index < -0.39 is 17.4 Å². The van der Waals surface area contributed by atoms with E-state index in [0.717, 1.165) is 24.4 Å². The van der Waals surface area contributed by atoms with Crippen molar-refractivity contribution in [3.05, 3.63) is 47.7 Å². The fraction of sp³-hybridized carbons (Fsp3) is 0. The van der Waals surface area contributed by atoms with E-state index >= 15 is 0 Å². The zero-order chi connectivity index (χ0) is 12.4. The van der Waals surface area contributed by atoms with Crippen molar-refractivity contribution in [1.29, 1.82) is 5.26 Å². The van der Waals surface area contributed by atoms with E-state index in [9.17, 15) is 13.9 Å². The van der Waals surface area contributed by atoms with E-state index in [1.807, 2.05) is 0 Å². The normalized spacial score (nSPS) is 9.94. The first-order valence-electron chi connectivity index (χ1n) is 4.67. The molecule has 1 aromatic heterocycles. The van der Waals surface area contributed by atoms with Crippen molar-refractivity contribution >= 4 is 0 Å². The van der Waals surface area contributed by atoms with Gasteiger partial charge in [0.1, 0.15) is 11.5 Å². The number of aromatic hydroxyl groups is 1. The SMILES string of the molecule is N#Cc1cc(F)ccc1-c1nccc(F)c1O. The molecule has 0 unspecified atom stereocenters. The van der Waals surface area contributed by atoms with Crippen LogP contribution in [0.2, 0.25) is 0 Å². The molecule has 0 spiro atoms. The largest absolute Gasteiger partial charge is 0.503 e. The molecule has 0 atom stereocenters. The Hall–Kier alpha value is -2.48. The Balaban J connectivity index is 2.69. The van der Waals surface area contributed by atoms with Crippen LogP contribution in [-0.2, 0) is 0 Å². The summed E-state index contributed by atoms with van der Waals surface area (Å²) in [6, 6.07) is 6.15. The summed E-state index contributed by atoms with van der Waals surface area (Å²) in [4.78, 5) is 3.78. The highest BCUT2D eigenvalue weighted by Crippen LogP contribution is 2.31. The second-order valence-corrected chi connectivity index (χ2v) is 3.29. The molecule has 0 saturated carbocycles. The second-order valence-electron chi connectivity index (χ2n) is 3.29. The van der Waals surface area contributed by atoms with E-state index in [-0.39, 0.29) is 16.8 Å². The molecule has 0 bridgehead atoms. The highest BCUT2D eigenvalue weighted by atomic mass is 19.1. The average Bonchev–Trinajstić information content (AvgIpc) is 2.33. The van der Waals surface area contributed by atoms with Crippen molar-refractivity contribution in [3.8, 4) is 23.1 Å². The lowest BCUT2D eigenvalue weighted by Gasteiger charge is -2.06. The third-order valence-corrected chi connectivity index (χ3v) is 2.23. The Kier molecular flexibility index (Phi) is 2.71. The van der Waals surface area contributed by atoms with Crippen LogP contribution in [0.1, 0.15) is 5.56 Å². The van der Waals surface area contributed by atoms with Gasteiger partial charge in [0.25, 0.3) is 0 Å². The number of benzene rings is 1. The van der Waals surface area contributed by atoms with Gasteiger partial charge in [-0.25, -0.2) is 8.78 Å². The Morgan fingerprint density at radius 1 is 1.24 bits per heavy atom. The van der Waals surface area contributed by atoms with Gasteiger partial charge in [-0.15, -0.1) is 0 Å². The monoisotopic (exact) mass is 232 g/mol. The summed E-state index contributed by atoms with van der Waals surface area (Å²) in [5.41, 5.74) is 0.0888. The molecule has 5 heteroatoms. The molecule has 1 aromatic carbocycles. The van der Waals surface area contributed by atoms with Crippen molar-refractivity contribution in [2.45, 2.75) is 0 Å². The smallest absolute Gasteiger partial charge is 0.178 e. The summed E-state index contributed by atoms with van der Waals surface area (Å²) in [5.74, 6) is -2.08. The Labute approximate surface area is 95.6 Å². The predicted octanol–water partition coefficient (Wildman–Crippen LogP) is 2.60. The number of rotatable bonds is 1. The van der Waals surface area contributed by atoms with Gasteiger partial charge in [0.05, 0.1) is 11.6 Å². The quantitative estimate of drug-likeness (QED) is 0.822. The van der Waals surface area contributed by atoms with Crippen molar-refractivity contribution in [2.24, 2.45) is 0 Å². The fourth-order valence-electron chi connectivity index (χ4n) is 1.44. The van der Waals surface area contributed by atoms with Crippen LogP contribution in [-0.4, -0.2) is 10.1 Å². The maximum Gasteiger partial charge on any atom is 0.178 e. The number of hydrogen-bond acceptors (Lipinski definition) is 3. The highest BCUT2D eigenvalue weighted by Gasteiger charge is 2.14. The van der Waals surface area contributed by atoms with Crippen LogP contribution in [0.5, 0.6) is 5.75 Å². The summed E-state index contributed by atoms with van der Waals surface area (Å²) in [7, 11) is 0. The first-order valence-corrected chi connectivity index (χ1v) is 4.67. The van der Waals surface area contributed by atoms with Crippen molar-refractivity contribution in [2.75, 3.05) is 0 Å². The Bertz CT molecular complexity index is 620. The zero-order valence-corrected chi connectivity index (χ0v) is 8.48.